The highest BCUT2D eigenvalue weighted by Crippen LogP contribution is 2.22. The van der Waals surface area contributed by atoms with Crippen LogP contribution in [0, 0.1) is 0 Å². The molecule has 1 rings (SSSR count). The molecular formula is C12H16ClN3O2. The topological polar surface area (TPSA) is 75.4 Å². The van der Waals surface area contributed by atoms with E-state index >= 15 is 0 Å². The van der Waals surface area contributed by atoms with E-state index in [9.17, 15) is 9.59 Å². The number of carbonyl (C=O) groups excluding carboxylic acids is 2. The maximum atomic E-state index is 11.9. The first-order chi connectivity index (χ1) is 8.34. The van der Waals surface area contributed by atoms with E-state index < -0.39 is 11.9 Å². The molecule has 5 nitrogen and oxygen atoms in total. The summed E-state index contributed by atoms with van der Waals surface area (Å²) < 4.78 is 0. The Kier molecular flexibility index (Phi) is 4.55. The van der Waals surface area contributed by atoms with Gasteiger partial charge in [-0.15, -0.1) is 0 Å². The molecule has 0 aliphatic rings. The Balaban J connectivity index is 2.83. The molecule has 18 heavy (non-hydrogen) atoms. The van der Waals surface area contributed by atoms with Gasteiger partial charge in [0.25, 0.3) is 5.91 Å². The van der Waals surface area contributed by atoms with Gasteiger partial charge in [-0.1, -0.05) is 17.7 Å². The number of likely N-dealkylation sites (N-methyl/N-ethyl adjacent to an activating group) is 1. The number of nitrogens with one attached hydrogen (secondary N) is 1. The number of anilines is 1. The van der Waals surface area contributed by atoms with Gasteiger partial charge in [0.1, 0.15) is 6.04 Å². The van der Waals surface area contributed by atoms with Crippen molar-refractivity contribution in [3.63, 3.8) is 0 Å². The maximum absolute atomic E-state index is 11.9. The van der Waals surface area contributed by atoms with Crippen LogP contribution in [0.1, 0.15) is 17.3 Å². The summed E-state index contributed by atoms with van der Waals surface area (Å²) in [5, 5.41) is 2.89. The van der Waals surface area contributed by atoms with E-state index in [4.69, 9.17) is 17.3 Å². The molecule has 0 saturated carbocycles. The third-order valence-corrected chi connectivity index (χ3v) is 2.79. The molecule has 1 aromatic rings. The predicted molar refractivity (Wildman–Crippen MR) is 71.5 cm³/mol. The zero-order valence-electron chi connectivity index (χ0n) is 10.5. The zero-order valence-corrected chi connectivity index (χ0v) is 11.3. The Labute approximate surface area is 111 Å². The number of carbonyl (C=O) groups is 2. The lowest BCUT2D eigenvalue weighted by molar-refractivity contribution is -0.130. The highest BCUT2D eigenvalue weighted by molar-refractivity contribution is 6.34. The van der Waals surface area contributed by atoms with Crippen molar-refractivity contribution in [2.75, 3.05) is 19.8 Å². The molecule has 98 valence electrons. The summed E-state index contributed by atoms with van der Waals surface area (Å²) >= 11 is 5.83. The van der Waals surface area contributed by atoms with Gasteiger partial charge in [0, 0.05) is 14.1 Å². The lowest BCUT2D eigenvalue weighted by Crippen LogP contribution is -2.44. The van der Waals surface area contributed by atoms with Gasteiger partial charge in [0.05, 0.1) is 16.3 Å². The number of nitrogens with two attached hydrogens (primary N) is 1. The van der Waals surface area contributed by atoms with Crippen molar-refractivity contribution in [2.24, 2.45) is 0 Å². The SMILES string of the molecule is CC(NC(=O)c1cccc(Cl)c1N)C(=O)N(C)C. The second kappa shape index (κ2) is 5.73. The first-order valence-electron chi connectivity index (χ1n) is 5.40. The Bertz CT molecular complexity index is 474. The van der Waals surface area contributed by atoms with Crippen LogP contribution in [0.15, 0.2) is 18.2 Å². The van der Waals surface area contributed by atoms with E-state index in [0.29, 0.717) is 5.02 Å². The second-order valence-corrected chi connectivity index (χ2v) is 4.54. The van der Waals surface area contributed by atoms with E-state index in [1.54, 1.807) is 39.2 Å². The van der Waals surface area contributed by atoms with Crippen LogP contribution in [0.2, 0.25) is 5.02 Å². The van der Waals surface area contributed by atoms with Gasteiger partial charge in [-0.2, -0.15) is 0 Å². The van der Waals surface area contributed by atoms with Crippen LogP contribution >= 0.6 is 11.6 Å². The largest absolute Gasteiger partial charge is 0.397 e. The monoisotopic (exact) mass is 269 g/mol. The molecule has 0 heterocycles. The van der Waals surface area contributed by atoms with Crippen molar-refractivity contribution in [1.29, 1.82) is 0 Å². The van der Waals surface area contributed by atoms with E-state index in [2.05, 4.69) is 5.32 Å². The maximum Gasteiger partial charge on any atom is 0.254 e. The van der Waals surface area contributed by atoms with Crippen LogP contribution in [0.5, 0.6) is 0 Å². The Morgan fingerprint density at radius 3 is 2.56 bits per heavy atom. The van der Waals surface area contributed by atoms with Crippen molar-refractivity contribution in [3.05, 3.63) is 28.8 Å². The molecule has 0 aromatic heterocycles. The summed E-state index contributed by atoms with van der Waals surface area (Å²) in [5.74, 6) is -0.610. The van der Waals surface area contributed by atoms with Gasteiger partial charge >= 0.3 is 0 Å². The number of benzene rings is 1. The smallest absolute Gasteiger partial charge is 0.254 e. The minimum atomic E-state index is -0.620. The number of hydrogen-bond donors (Lipinski definition) is 2. The van der Waals surface area contributed by atoms with Crippen molar-refractivity contribution >= 4 is 29.1 Å². The summed E-state index contributed by atoms with van der Waals surface area (Å²) in [4.78, 5) is 25.0. The second-order valence-electron chi connectivity index (χ2n) is 4.13. The average Bonchev–Trinajstić information content (AvgIpc) is 2.31. The molecule has 6 heteroatoms. The molecule has 0 spiro atoms. The van der Waals surface area contributed by atoms with Gasteiger partial charge in [-0.05, 0) is 19.1 Å². The standard InChI is InChI=1S/C12H16ClN3O2/c1-7(12(18)16(2)3)15-11(17)8-5-4-6-9(13)10(8)14/h4-7H,14H2,1-3H3,(H,15,17). The first-order valence-corrected chi connectivity index (χ1v) is 5.78. The van der Waals surface area contributed by atoms with Crippen LogP contribution in [0.3, 0.4) is 0 Å². The third-order valence-electron chi connectivity index (χ3n) is 2.46. The molecule has 1 aromatic carbocycles. The number of halogens is 1. The summed E-state index contributed by atoms with van der Waals surface area (Å²) in [7, 11) is 3.25. The van der Waals surface area contributed by atoms with Crippen molar-refractivity contribution in [1.82, 2.24) is 10.2 Å². The van der Waals surface area contributed by atoms with E-state index in [1.807, 2.05) is 0 Å². The molecule has 1 unspecified atom stereocenters. The van der Waals surface area contributed by atoms with Crippen molar-refractivity contribution < 1.29 is 9.59 Å². The van der Waals surface area contributed by atoms with Crippen LogP contribution in [-0.2, 0) is 4.79 Å². The van der Waals surface area contributed by atoms with Crippen LogP contribution in [0.4, 0.5) is 5.69 Å². The molecule has 0 bridgehead atoms. The number of hydrogen-bond acceptors (Lipinski definition) is 3. The Morgan fingerprint density at radius 1 is 1.39 bits per heavy atom. The number of nitrogens with zero attached hydrogens (tertiary/aromatic N) is 1. The van der Waals surface area contributed by atoms with Gasteiger partial charge in [-0.3, -0.25) is 9.59 Å². The van der Waals surface area contributed by atoms with Crippen molar-refractivity contribution in [2.45, 2.75) is 13.0 Å². The third kappa shape index (κ3) is 3.13. The fourth-order valence-electron chi connectivity index (χ4n) is 1.46. The predicted octanol–water partition coefficient (Wildman–Crippen LogP) is 1.13. The minimum absolute atomic E-state index is 0.191. The molecule has 2 amide bonds. The number of amides is 2. The molecule has 0 aliphatic carbocycles. The average molecular weight is 270 g/mol. The molecule has 0 fully saturated rings. The molecule has 3 N–H and O–H groups in total. The van der Waals surface area contributed by atoms with E-state index in [-0.39, 0.29) is 17.2 Å². The molecule has 1 atom stereocenters. The summed E-state index contributed by atoms with van der Waals surface area (Å²) in [6.45, 7) is 1.61. The van der Waals surface area contributed by atoms with Gasteiger partial charge in [0.2, 0.25) is 5.91 Å². The minimum Gasteiger partial charge on any atom is -0.397 e. The van der Waals surface area contributed by atoms with Crippen LogP contribution < -0.4 is 11.1 Å². The number of para-hydroxylation sites is 1. The molecule has 0 aliphatic heterocycles. The quantitative estimate of drug-likeness (QED) is 0.808. The van der Waals surface area contributed by atoms with Gasteiger partial charge in [-0.25, -0.2) is 0 Å². The normalized spacial score (nSPS) is 11.8. The Morgan fingerprint density at radius 2 is 2.00 bits per heavy atom. The number of nitrogen functional groups attached to an aromatic ring is 1. The number of rotatable bonds is 3. The highest BCUT2D eigenvalue weighted by Gasteiger charge is 2.19. The van der Waals surface area contributed by atoms with Gasteiger partial charge in [0.15, 0.2) is 0 Å². The first kappa shape index (κ1) is 14.3. The highest BCUT2D eigenvalue weighted by atomic mass is 35.5. The molecule has 0 radical (unpaired) electrons. The summed E-state index contributed by atoms with van der Waals surface area (Å²) in [6.07, 6.45) is 0. The Hall–Kier alpha value is -1.75. The molecular weight excluding hydrogens is 254 g/mol. The summed E-state index contributed by atoms with van der Waals surface area (Å²) in [6, 6.07) is 4.17. The fraction of sp³-hybridized carbons (Fsp3) is 0.333. The van der Waals surface area contributed by atoms with E-state index in [1.165, 1.54) is 4.90 Å². The van der Waals surface area contributed by atoms with Crippen LogP contribution in [0.25, 0.3) is 0 Å². The zero-order chi connectivity index (χ0) is 13.9. The lowest BCUT2D eigenvalue weighted by atomic mass is 10.1. The lowest BCUT2D eigenvalue weighted by Gasteiger charge is -2.18. The van der Waals surface area contributed by atoms with E-state index in [0.717, 1.165) is 0 Å². The van der Waals surface area contributed by atoms with Gasteiger partial charge < -0.3 is 16.0 Å². The fourth-order valence-corrected chi connectivity index (χ4v) is 1.63. The van der Waals surface area contributed by atoms with Crippen LogP contribution in [-0.4, -0.2) is 36.9 Å². The van der Waals surface area contributed by atoms with Crippen molar-refractivity contribution in [3.8, 4) is 0 Å². The summed E-state index contributed by atoms with van der Waals surface area (Å²) in [5.41, 5.74) is 6.18. The molecule has 0 saturated heterocycles.